The first-order chi connectivity index (χ1) is 23.3. The summed E-state index contributed by atoms with van der Waals surface area (Å²) in [6.07, 6.45) is 0. The van der Waals surface area contributed by atoms with Crippen molar-refractivity contribution in [3.05, 3.63) is 158 Å². The van der Waals surface area contributed by atoms with Crippen molar-refractivity contribution in [2.45, 2.75) is 0 Å². The van der Waals surface area contributed by atoms with Crippen molar-refractivity contribution >= 4 is 82.0 Å². The largest absolute Gasteiger partial charge is 0.309 e. The molecule has 0 saturated carbocycles. The summed E-state index contributed by atoms with van der Waals surface area (Å²) >= 11 is 0. The fraction of sp³-hybridized carbons (Fsp3) is 0. The molecule has 0 aliphatic heterocycles. The van der Waals surface area contributed by atoms with Crippen LogP contribution in [0.25, 0.3) is 93.3 Å². The number of imidazole rings is 1. The number of fused-ring (bicyclic) bond motifs is 14. The fourth-order valence-corrected chi connectivity index (χ4v) is 7.99. The summed E-state index contributed by atoms with van der Waals surface area (Å²) < 4.78 is 7.17. The predicted octanol–water partition coefficient (Wildman–Crippen LogP) is 11.0. The molecule has 7 aromatic carbocycles. The van der Waals surface area contributed by atoms with Gasteiger partial charge in [0.25, 0.3) is 0 Å². The van der Waals surface area contributed by atoms with Gasteiger partial charge in [-0.15, -0.1) is 0 Å². The Labute approximate surface area is 268 Å². The third-order valence-electron chi connectivity index (χ3n) is 9.96. The summed E-state index contributed by atoms with van der Waals surface area (Å²) in [5.74, 6) is 0. The fourth-order valence-electron chi connectivity index (χ4n) is 7.99. The predicted molar refractivity (Wildman–Crippen MR) is 196 cm³/mol. The van der Waals surface area contributed by atoms with Gasteiger partial charge >= 0.3 is 0 Å². The Balaban J connectivity index is 1.38. The Morgan fingerprint density at radius 2 is 0.809 bits per heavy atom. The topological polar surface area (TPSA) is 27.2 Å². The second-order valence-electron chi connectivity index (χ2n) is 12.4. The van der Waals surface area contributed by atoms with E-state index in [0.717, 1.165) is 33.4 Å². The summed E-state index contributed by atoms with van der Waals surface area (Å²) in [4.78, 5) is 5.22. The SMILES string of the molecule is c1ccc(-n2c3ccccc3c3cc4c5cc6c7ccccc7n7c8ccccc8nc7c6cc5n(-c5ccccc5)c4cc32)cc1. The molecule has 0 bridgehead atoms. The molecule has 4 heteroatoms. The number of aromatic nitrogens is 4. The molecule has 0 radical (unpaired) electrons. The zero-order chi connectivity index (χ0) is 30.6. The number of rotatable bonds is 2. The summed E-state index contributed by atoms with van der Waals surface area (Å²) in [6, 6.07) is 57.0. The van der Waals surface area contributed by atoms with Crippen LogP contribution in [0.4, 0.5) is 0 Å². The highest BCUT2D eigenvalue weighted by Gasteiger charge is 2.21. The molecule has 0 atom stereocenters. The minimum Gasteiger partial charge on any atom is -0.309 e. The molecule has 47 heavy (non-hydrogen) atoms. The molecule has 0 amide bonds. The molecule has 0 fully saturated rings. The second-order valence-corrected chi connectivity index (χ2v) is 12.4. The van der Waals surface area contributed by atoms with Crippen molar-refractivity contribution in [3.63, 3.8) is 0 Å². The first-order valence-corrected chi connectivity index (χ1v) is 16.1. The minimum absolute atomic E-state index is 0.985. The van der Waals surface area contributed by atoms with Crippen LogP contribution < -0.4 is 0 Å². The highest BCUT2D eigenvalue weighted by Crippen LogP contribution is 2.42. The number of para-hydroxylation sites is 6. The lowest BCUT2D eigenvalue weighted by molar-refractivity contribution is 1.17. The summed E-state index contributed by atoms with van der Waals surface area (Å²) in [6.45, 7) is 0. The van der Waals surface area contributed by atoms with Crippen LogP contribution in [0, 0.1) is 0 Å². The summed E-state index contributed by atoms with van der Waals surface area (Å²) in [5.41, 5.74) is 11.3. The van der Waals surface area contributed by atoms with E-state index in [1.807, 2.05) is 0 Å². The molecule has 4 heterocycles. The van der Waals surface area contributed by atoms with Crippen LogP contribution in [-0.4, -0.2) is 18.5 Å². The van der Waals surface area contributed by atoms with Crippen molar-refractivity contribution in [1.82, 2.24) is 18.5 Å². The molecule has 4 aromatic heterocycles. The van der Waals surface area contributed by atoms with Gasteiger partial charge in [-0.1, -0.05) is 84.9 Å². The number of hydrogen-bond acceptors (Lipinski definition) is 1. The maximum absolute atomic E-state index is 5.22. The molecule has 218 valence electrons. The lowest BCUT2D eigenvalue weighted by Gasteiger charge is -2.11. The summed E-state index contributed by atoms with van der Waals surface area (Å²) in [7, 11) is 0. The van der Waals surface area contributed by atoms with E-state index in [1.54, 1.807) is 0 Å². The maximum Gasteiger partial charge on any atom is 0.146 e. The van der Waals surface area contributed by atoms with Gasteiger partial charge in [-0.2, -0.15) is 0 Å². The quantitative estimate of drug-likeness (QED) is 0.182. The average molecular weight is 599 g/mol. The molecule has 11 rings (SSSR count). The van der Waals surface area contributed by atoms with Gasteiger partial charge in [0.2, 0.25) is 0 Å². The van der Waals surface area contributed by atoms with Crippen molar-refractivity contribution in [2.24, 2.45) is 0 Å². The van der Waals surface area contributed by atoms with Crippen molar-refractivity contribution < 1.29 is 0 Å². The number of benzene rings is 7. The zero-order valence-electron chi connectivity index (χ0n) is 25.3. The Hall–Kier alpha value is -6.39. The summed E-state index contributed by atoms with van der Waals surface area (Å²) in [5, 5.41) is 8.58. The molecule has 0 aliphatic rings. The lowest BCUT2D eigenvalue weighted by Crippen LogP contribution is -1.96. The van der Waals surface area contributed by atoms with Crippen LogP contribution in [0.3, 0.4) is 0 Å². The lowest BCUT2D eigenvalue weighted by atomic mass is 10.0. The van der Waals surface area contributed by atoms with E-state index >= 15 is 0 Å². The molecule has 0 N–H and O–H groups in total. The highest BCUT2D eigenvalue weighted by molar-refractivity contribution is 6.24. The van der Waals surface area contributed by atoms with Gasteiger partial charge < -0.3 is 9.13 Å². The van der Waals surface area contributed by atoms with E-state index in [4.69, 9.17) is 4.98 Å². The highest BCUT2D eigenvalue weighted by atomic mass is 15.0. The van der Waals surface area contributed by atoms with Crippen molar-refractivity contribution in [1.29, 1.82) is 0 Å². The molecule has 4 nitrogen and oxygen atoms in total. The van der Waals surface area contributed by atoms with E-state index < -0.39 is 0 Å². The molecular weight excluding hydrogens is 573 g/mol. The smallest absolute Gasteiger partial charge is 0.146 e. The molecule has 0 spiro atoms. The van der Waals surface area contributed by atoms with Gasteiger partial charge in [-0.3, -0.25) is 4.40 Å². The number of hydrogen-bond donors (Lipinski definition) is 0. The molecule has 0 saturated heterocycles. The number of pyridine rings is 1. The van der Waals surface area contributed by atoms with E-state index in [-0.39, 0.29) is 0 Å². The van der Waals surface area contributed by atoms with Crippen molar-refractivity contribution in [3.8, 4) is 11.4 Å². The van der Waals surface area contributed by atoms with Gasteiger partial charge in [0.15, 0.2) is 0 Å². The van der Waals surface area contributed by atoms with Gasteiger partial charge in [-0.05, 0) is 78.2 Å². The monoisotopic (exact) mass is 598 g/mol. The van der Waals surface area contributed by atoms with Crippen LogP contribution in [0.2, 0.25) is 0 Å². The standard InChI is InChI=1S/C43H26N4/c1-3-13-27(14-4-1)45-37-20-10-8-18-30(37)32-24-34-33-23-31-29-17-7-11-21-38(29)47-39-22-12-9-19-36(39)44-43(47)35(31)25-40(33)46(42(34)26-41(32)45)28-15-5-2-6-16-28/h1-26H. The Bertz CT molecular complexity index is 3050. The maximum atomic E-state index is 5.22. The Morgan fingerprint density at radius 3 is 1.51 bits per heavy atom. The van der Waals surface area contributed by atoms with Crippen LogP contribution in [0.5, 0.6) is 0 Å². The van der Waals surface area contributed by atoms with Gasteiger partial charge in [0, 0.05) is 43.7 Å². The first-order valence-electron chi connectivity index (χ1n) is 16.1. The molecular formula is C43H26N4. The van der Waals surface area contributed by atoms with E-state index in [2.05, 4.69) is 171 Å². The van der Waals surface area contributed by atoms with E-state index in [0.29, 0.717) is 0 Å². The Kier molecular flexibility index (Phi) is 4.81. The normalized spacial score (nSPS) is 12.3. The minimum atomic E-state index is 0.985. The zero-order valence-corrected chi connectivity index (χ0v) is 25.3. The third kappa shape index (κ3) is 3.28. The Morgan fingerprint density at radius 1 is 0.319 bits per heavy atom. The second kappa shape index (κ2) is 9.09. The van der Waals surface area contributed by atoms with E-state index in [1.165, 1.54) is 59.9 Å². The van der Waals surface area contributed by atoms with Gasteiger partial charge in [-0.25, -0.2) is 4.98 Å². The van der Waals surface area contributed by atoms with Crippen LogP contribution >= 0.6 is 0 Å². The van der Waals surface area contributed by atoms with Crippen LogP contribution in [0.1, 0.15) is 0 Å². The molecule has 0 aliphatic carbocycles. The molecule has 11 aromatic rings. The van der Waals surface area contributed by atoms with Gasteiger partial charge in [0.05, 0.1) is 38.6 Å². The third-order valence-corrected chi connectivity index (χ3v) is 9.96. The first kappa shape index (κ1) is 24.9. The molecule has 0 unspecified atom stereocenters. The number of nitrogens with zero attached hydrogens (tertiary/aromatic N) is 4. The average Bonchev–Trinajstić information content (AvgIpc) is 3.78. The van der Waals surface area contributed by atoms with Crippen LogP contribution in [-0.2, 0) is 0 Å². The van der Waals surface area contributed by atoms with Crippen LogP contribution in [0.15, 0.2) is 158 Å². The van der Waals surface area contributed by atoms with Crippen molar-refractivity contribution in [2.75, 3.05) is 0 Å². The van der Waals surface area contributed by atoms with E-state index in [9.17, 15) is 0 Å². The van der Waals surface area contributed by atoms with Gasteiger partial charge in [0.1, 0.15) is 5.65 Å².